The van der Waals surface area contributed by atoms with Crippen LogP contribution in [0.2, 0.25) is 0 Å². The molecular weight excluding hydrogens is 337 g/mol. The van der Waals surface area contributed by atoms with Gasteiger partial charge in [0, 0.05) is 10.0 Å². The first-order valence-corrected chi connectivity index (χ1v) is 6.96. The summed E-state index contributed by atoms with van der Waals surface area (Å²) in [7, 11) is 0. The van der Waals surface area contributed by atoms with Crippen LogP contribution in [0, 0.1) is 12.7 Å². The number of benzene rings is 2. The fourth-order valence-electron chi connectivity index (χ4n) is 1.97. The zero-order valence-electron chi connectivity index (χ0n) is 11.1. The SMILES string of the molecule is Cc1cc(-n2nnnc2-c2ccc(N)c(F)c2)ccc1Br. The number of aromatic nitrogens is 4. The van der Waals surface area contributed by atoms with Gasteiger partial charge in [-0.1, -0.05) is 15.9 Å². The molecule has 0 saturated carbocycles. The summed E-state index contributed by atoms with van der Waals surface area (Å²) < 4.78 is 16.2. The summed E-state index contributed by atoms with van der Waals surface area (Å²) in [4.78, 5) is 0. The zero-order valence-corrected chi connectivity index (χ0v) is 12.7. The first-order valence-electron chi connectivity index (χ1n) is 6.16. The second kappa shape index (κ2) is 5.25. The van der Waals surface area contributed by atoms with E-state index in [0.29, 0.717) is 11.4 Å². The van der Waals surface area contributed by atoms with E-state index in [-0.39, 0.29) is 5.69 Å². The molecule has 106 valence electrons. The van der Waals surface area contributed by atoms with Crippen molar-refractivity contribution < 1.29 is 4.39 Å². The minimum Gasteiger partial charge on any atom is -0.396 e. The average Bonchev–Trinajstić information content (AvgIpc) is 2.94. The van der Waals surface area contributed by atoms with Crippen molar-refractivity contribution in [2.75, 3.05) is 5.73 Å². The maximum atomic E-state index is 13.6. The molecule has 0 radical (unpaired) electrons. The summed E-state index contributed by atoms with van der Waals surface area (Å²) in [5.74, 6) is -0.0374. The molecule has 21 heavy (non-hydrogen) atoms. The number of hydrogen-bond acceptors (Lipinski definition) is 4. The van der Waals surface area contributed by atoms with Gasteiger partial charge in [0.2, 0.25) is 0 Å². The number of aryl methyl sites for hydroxylation is 1. The molecule has 7 heteroatoms. The normalized spacial score (nSPS) is 10.8. The zero-order chi connectivity index (χ0) is 15.0. The molecule has 0 fully saturated rings. The largest absolute Gasteiger partial charge is 0.396 e. The molecule has 0 amide bonds. The topological polar surface area (TPSA) is 69.6 Å². The molecule has 5 nitrogen and oxygen atoms in total. The first-order chi connectivity index (χ1) is 10.1. The summed E-state index contributed by atoms with van der Waals surface area (Å²) in [5, 5.41) is 11.6. The lowest BCUT2D eigenvalue weighted by Crippen LogP contribution is -2.01. The van der Waals surface area contributed by atoms with Crippen LogP contribution in [-0.4, -0.2) is 20.2 Å². The highest BCUT2D eigenvalue weighted by molar-refractivity contribution is 9.10. The van der Waals surface area contributed by atoms with E-state index in [2.05, 4.69) is 31.5 Å². The minimum atomic E-state index is -0.492. The van der Waals surface area contributed by atoms with Crippen LogP contribution in [0.3, 0.4) is 0 Å². The number of nitrogen functional groups attached to an aromatic ring is 1. The summed E-state index contributed by atoms with van der Waals surface area (Å²) in [6.45, 7) is 1.97. The summed E-state index contributed by atoms with van der Waals surface area (Å²) in [5.41, 5.74) is 8.00. The van der Waals surface area contributed by atoms with Crippen molar-refractivity contribution in [1.29, 1.82) is 0 Å². The first kappa shape index (κ1) is 13.7. The van der Waals surface area contributed by atoms with Crippen molar-refractivity contribution >= 4 is 21.6 Å². The molecule has 1 aromatic heterocycles. The number of anilines is 1. The average molecular weight is 348 g/mol. The van der Waals surface area contributed by atoms with Crippen LogP contribution in [0.1, 0.15) is 5.56 Å². The number of nitrogens with two attached hydrogens (primary N) is 1. The van der Waals surface area contributed by atoms with Crippen LogP contribution in [-0.2, 0) is 0 Å². The maximum Gasteiger partial charge on any atom is 0.187 e. The third kappa shape index (κ3) is 2.52. The lowest BCUT2D eigenvalue weighted by atomic mass is 10.1. The third-order valence-electron chi connectivity index (χ3n) is 3.11. The van der Waals surface area contributed by atoms with Gasteiger partial charge < -0.3 is 5.73 Å². The molecule has 0 aliphatic carbocycles. The number of tetrazole rings is 1. The number of halogens is 2. The smallest absolute Gasteiger partial charge is 0.187 e. The highest BCUT2D eigenvalue weighted by Crippen LogP contribution is 2.24. The van der Waals surface area contributed by atoms with Gasteiger partial charge in [-0.2, -0.15) is 4.68 Å². The van der Waals surface area contributed by atoms with Gasteiger partial charge >= 0.3 is 0 Å². The summed E-state index contributed by atoms with van der Waals surface area (Å²) in [6.07, 6.45) is 0. The Kier molecular flexibility index (Phi) is 3.42. The van der Waals surface area contributed by atoms with Crippen LogP contribution in [0.5, 0.6) is 0 Å². The standard InChI is InChI=1S/C14H11BrFN5/c1-8-6-10(3-4-11(8)15)21-14(18-19-20-21)9-2-5-13(17)12(16)7-9/h2-7H,17H2,1H3. The molecule has 2 N–H and O–H groups in total. The van der Waals surface area contributed by atoms with Crippen molar-refractivity contribution in [3.63, 3.8) is 0 Å². The van der Waals surface area contributed by atoms with Gasteiger partial charge in [0.25, 0.3) is 0 Å². The van der Waals surface area contributed by atoms with E-state index in [0.717, 1.165) is 15.7 Å². The van der Waals surface area contributed by atoms with Crippen LogP contribution >= 0.6 is 15.9 Å². The van der Waals surface area contributed by atoms with Gasteiger partial charge in [-0.3, -0.25) is 0 Å². The Morgan fingerprint density at radius 3 is 2.71 bits per heavy atom. The Hall–Kier alpha value is -2.28. The molecule has 2 aromatic carbocycles. The van der Waals surface area contributed by atoms with Gasteiger partial charge in [-0.15, -0.1) is 5.10 Å². The quantitative estimate of drug-likeness (QED) is 0.723. The molecule has 0 aliphatic rings. The molecule has 0 saturated heterocycles. The Balaban J connectivity index is 2.12. The van der Waals surface area contributed by atoms with Gasteiger partial charge in [0.05, 0.1) is 11.4 Å². The van der Waals surface area contributed by atoms with Crippen molar-refractivity contribution in [3.05, 3.63) is 52.3 Å². The summed E-state index contributed by atoms with van der Waals surface area (Å²) in [6, 6.07) is 10.2. The van der Waals surface area contributed by atoms with Gasteiger partial charge in [-0.25, -0.2) is 4.39 Å². The number of nitrogens with zero attached hydrogens (tertiary/aromatic N) is 4. The van der Waals surface area contributed by atoms with E-state index in [4.69, 9.17) is 5.73 Å². The lowest BCUT2D eigenvalue weighted by molar-refractivity contribution is 0.632. The van der Waals surface area contributed by atoms with Crippen LogP contribution < -0.4 is 5.73 Å². The van der Waals surface area contributed by atoms with Gasteiger partial charge in [0.1, 0.15) is 5.82 Å². The van der Waals surface area contributed by atoms with Crippen LogP contribution in [0.4, 0.5) is 10.1 Å². The van der Waals surface area contributed by atoms with Crippen molar-refractivity contribution in [2.24, 2.45) is 0 Å². The Morgan fingerprint density at radius 1 is 1.19 bits per heavy atom. The van der Waals surface area contributed by atoms with E-state index >= 15 is 0 Å². The molecule has 0 spiro atoms. The lowest BCUT2D eigenvalue weighted by Gasteiger charge is -2.07. The van der Waals surface area contributed by atoms with E-state index in [9.17, 15) is 4.39 Å². The second-order valence-electron chi connectivity index (χ2n) is 4.58. The molecule has 1 heterocycles. The second-order valence-corrected chi connectivity index (χ2v) is 5.44. The summed E-state index contributed by atoms with van der Waals surface area (Å²) >= 11 is 3.45. The van der Waals surface area contributed by atoms with E-state index in [1.807, 2.05) is 25.1 Å². The van der Waals surface area contributed by atoms with Crippen molar-refractivity contribution in [2.45, 2.75) is 6.92 Å². The molecule has 0 bridgehead atoms. The highest BCUT2D eigenvalue weighted by atomic mass is 79.9. The predicted molar refractivity (Wildman–Crippen MR) is 81.4 cm³/mol. The van der Waals surface area contributed by atoms with Crippen molar-refractivity contribution in [1.82, 2.24) is 20.2 Å². The maximum absolute atomic E-state index is 13.6. The van der Waals surface area contributed by atoms with Gasteiger partial charge in [0.15, 0.2) is 5.82 Å². The minimum absolute atomic E-state index is 0.0947. The van der Waals surface area contributed by atoms with E-state index in [1.54, 1.807) is 10.7 Å². The van der Waals surface area contributed by atoms with Crippen LogP contribution in [0.15, 0.2) is 40.9 Å². The highest BCUT2D eigenvalue weighted by Gasteiger charge is 2.13. The van der Waals surface area contributed by atoms with E-state index in [1.165, 1.54) is 12.1 Å². The molecular formula is C14H11BrFN5. The third-order valence-corrected chi connectivity index (χ3v) is 4.00. The molecule has 0 aliphatic heterocycles. The van der Waals surface area contributed by atoms with E-state index < -0.39 is 5.82 Å². The molecule has 0 unspecified atom stereocenters. The van der Waals surface area contributed by atoms with Gasteiger partial charge in [-0.05, 0) is 59.3 Å². The molecule has 0 atom stereocenters. The Morgan fingerprint density at radius 2 is 2.00 bits per heavy atom. The van der Waals surface area contributed by atoms with Crippen LogP contribution in [0.25, 0.3) is 17.1 Å². The fraction of sp³-hybridized carbons (Fsp3) is 0.0714. The number of hydrogen-bond donors (Lipinski definition) is 1. The van der Waals surface area contributed by atoms with Crippen molar-refractivity contribution in [3.8, 4) is 17.1 Å². The fourth-order valence-corrected chi connectivity index (χ4v) is 2.21. The number of rotatable bonds is 2. The predicted octanol–water partition coefficient (Wildman–Crippen LogP) is 3.12. The molecule has 3 aromatic rings. The Bertz CT molecular complexity index is 749. The Labute approximate surface area is 128 Å². The molecule has 3 rings (SSSR count). The monoisotopic (exact) mass is 347 g/mol.